The van der Waals surface area contributed by atoms with Crippen LogP contribution in [0.5, 0.6) is 5.75 Å². The molecule has 0 aromatic heterocycles. The third kappa shape index (κ3) is 3.21. The molecule has 3 rings (SSSR count). The minimum atomic E-state index is -2.89. The van der Waals surface area contributed by atoms with E-state index in [1.807, 2.05) is 0 Å². The zero-order chi connectivity index (χ0) is 15.7. The van der Waals surface area contributed by atoms with Gasteiger partial charge in [-0.2, -0.15) is 8.78 Å². The highest BCUT2D eigenvalue weighted by Crippen LogP contribution is 2.30. The molecular weight excluding hydrogens is 290 g/mol. The highest BCUT2D eigenvalue weighted by molar-refractivity contribution is 5.94. The van der Waals surface area contributed by atoms with E-state index in [1.165, 1.54) is 25.0 Å². The van der Waals surface area contributed by atoms with Crippen LogP contribution in [-0.4, -0.2) is 42.6 Å². The number of hydrogen-bond acceptors (Lipinski definition) is 3. The molecule has 0 spiro atoms. The van der Waals surface area contributed by atoms with E-state index in [2.05, 4.69) is 10.1 Å². The number of carbonyl (C=O) groups is 1. The van der Waals surface area contributed by atoms with Gasteiger partial charge in [-0.25, -0.2) is 0 Å². The van der Waals surface area contributed by atoms with Crippen molar-refractivity contribution in [3.8, 4) is 5.75 Å². The molecule has 0 saturated carbocycles. The fourth-order valence-electron chi connectivity index (χ4n) is 3.52. The normalized spacial score (nSPS) is 27.0. The van der Waals surface area contributed by atoms with Crippen LogP contribution in [0.4, 0.5) is 8.78 Å². The van der Waals surface area contributed by atoms with Gasteiger partial charge >= 0.3 is 6.61 Å². The molecule has 2 heterocycles. The number of ether oxygens (including phenoxy) is 1. The van der Waals surface area contributed by atoms with E-state index >= 15 is 0 Å². The molecular formula is C16H20F2N2O2. The Morgan fingerprint density at radius 3 is 2.64 bits per heavy atom. The second-order valence-corrected chi connectivity index (χ2v) is 6.09. The standard InChI is InChI=1S/C16H20F2N2O2/c1-20(13-8-11-5-6-12(9-13)19-11)15(21)10-3-2-4-14(7-10)22-16(17)18/h2-4,7,11-13,16,19H,5-6,8-9H2,1H3. The minimum Gasteiger partial charge on any atom is -0.435 e. The second kappa shape index (κ2) is 6.20. The number of amides is 1. The first-order valence-corrected chi connectivity index (χ1v) is 7.61. The van der Waals surface area contributed by atoms with Gasteiger partial charge in [-0.3, -0.25) is 4.79 Å². The van der Waals surface area contributed by atoms with Crippen molar-refractivity contribution in [2.24, 2.45) is 0 Å². The van der Waals surface area contributed by atoms with Gasteiger partial charge in [-0.15, -0.1) is 0 Å². The van der Waals surface area contributed by atoms with Gasteiger partial charge in [0, 0.05) is 30.7 Å². The Balaban J connectivity index is 1.70. The number of alkyl halides is 2. The fraction of sp³-hybridized carbons (Fsp3) is 0.562. The molecule has 2 fully saturated rings. The largest absolute Gasteiger partial charge is 0.435 e. The molecule has 1 aromatic rings. The number of hydrogen-bond donors (Lipinski definition) is 1. The molecule has 0 radical (unpaired) electrons. The topological polar surface area (TPSA) is 41.6 Å². The van der Waals surface area contributed by atoms with Crippen LogP contribution >= 0.6 is 0 Å². The smallest absolute Gasteiger partial charge is 0.387 e. The third-order valence-corrected chi connectivity index (χ3v) is 4.62. The van der Waals surface area contributed by atoms with E-state index in [0.29, 0.717) is 17.6 Å². The number of carbonyl (C=O) groups excluding carboxylic acids is 1. The maximum atomic E-state index is 12.6. The average Bonchev–Trinajstić information content (AvgIpc) is 2.83. The molecule has 2 aliphatic heterocycles. The Morgan fingerprint density at radius 1 is 1.32 bits per heavy atom. The van der Waals surface area contributed by atoms with Crippen molar-refractivity contribution >= 4 is 5.91 Å². The first-order chi connectivity index (χ1) is 10.5. The molecule has 2 saturated heterocycles. The van der Waals surface area contributed by atoms with Crippen molar-refractivity contribution in [2.45, 2.75) is 50.4 Å². The van der Waals surface area contributed by atoms with Crippen LogP contribution < -0.4 is 10.1 Å². The molecule has 2 atom stereocenters. The number of nitrogens with one attached hydrogen (secondary N) is 1. The summed E-state index contributed by atoms with van der Waals surface area (Å²) in [7, 11) is 1.79. The average molecular weight is 310 g/mol. The summed E-state index contributed by atoms with van der Waals surface area (Å²) in [5, 5.41) is 3.54. The Morgan fingerprint density at radius 2 is 2.00 bits per heavy atom. The summed E-state index contributed by atoms with van der Waals surface area (Å²) in [6.07, 6.45) is 4.24. The van der Waals surface area contributed by atoms with E-state index in [1.54, 1.807) is 24.1 Å². The maximum Gasteiger partial charge on any atom is 0.387 e. The summed E-state index contributed by atoms with van der Waals surface area (Å²) < 4.78 is 28.9. The third-order valence-electron chi connectivity index (χ3n) is 4.62. The first kappa shape index (κ1) is 15.2. The maximum absolute atomic E-state index is 12.6. The molecule has 2 aliphatic rings. The van der Waals surface area contributed by atoms with Gasteiger partial charge in [0.25, 0.3) is 5.91 Å². The van der Waals surface area contributed by atoms with Crippen molar-refractivity contribution < 1.29 is 18.3 Å². The molecule has 1 N–H and O–H groups in total. The number of rotatable bonds is 4. The zero-order valence-corrected chi connectivity index (χ0v) is 12.5. The molecule has 4 nitrogen and oxygen atoms in total. The van der Waals surface area contributed by atoms with Crippen LogP contribution in [0, 0.1) is 0 Å². The van der Waals surface area contributed by atoms with E-state index in [9.17, 15) is 13.6 Å². The van der Waals surface area contributed by atoms with Crippen molar-refractivity contribution in [2.75, 3.05) is 7.05 Å². The van der Waals surface area contributed by atoms with Crippen molar-refractivity contribution in [3.05, 3.63) is 29.8 Å². The van der Waals surface area contributed by atoms with E-state index in [-0.39, 0.29) is 17.7 Å². The van der Waals surface area contributed by atoms with Crippen LogP contribution in [0.15, 0.2) is 24.3 Å². The summed E-state index contributed by atoms with van der Waals surface area (Å²) in [5.74, 6) is -0.134. The number of fused-ring (bicyclic) bond motifs is 2. The summed E-state index contributed by atoms with van der Waals surface area (Å²) in [6, 6.07) is 7.18. The molecule has 22 heavy (non-hydrogen) atoms. The van der Waals surface area contributed by atoms with Crippen LogP contribution in [-0.2, 0) is 0 Å². The number of piperidine rings is 1. The first-order valence-electron chi connectivity index (χ1n) is 7.61. The van der Waals surface area contributed by atoms with Crippen LogP contribution in [0.3, 0.4) is 0 Å². The predicted octanol–water partition coefficient (Wildman–Crippen LogP) is 2.64. The summed E-state index contributed by atoms with van der Waals surface area (Å²) in [5.41, 5.74) is 0.381. The Labute approximate surface area is 128 Å². The molecule has 120 valence electrons. The minimum absolute atomic E-state index is 0.0135. The quantitative estimate of drug-likeness (QED) is 0.929. The lowest BCUT2D eigenvalue weighted by molar-refractivity contribution is -0.0499. The number of benzene rings is 1. The molecule has 6 heteroatoms. The van der Waals surface area contributed by atoms with Gasteiger partial charge in [0.2, 0.25) is 0 Å². The Kier molecular flexibility index (Phi) is 4.29. The van der Waals surface area contributed by atoms with E-state index in [4.69, 9.17) is 0 Å². The fourth-order valence-corrected chi connectivity index (χ4v) is 3.52. The SMILES string of the molecule is CN(C(=O)c1cccc(OC(F)F)c1)C1CC2CCC(C1)N2. The van der Waals surface area contributed by atoms with E-state index < -0.39 is 6.61 Å². The van der Waals surface area contributed by atoms with Crippen LogP contribution in [0.1, 0.15) is 36.0 Å². The number of halogens is 2. The molecule has 2 unspecified atom stereocenters. The highest BCUT2D eigenvalue weighted by atomic mass is 19.3. The summed E-state index contributed by atoms with van der Waals surface area (Å²) in [4.78, 5) is 14.3. The van der Waals surface area contributed by atoms with Crippen molar-refractivity contribution in [1.82, 2.24) is 10.2 Å². The lowest BCUT2D eigenvalue weighted by Crippen LogP contribution is -2.48. The lowest BCUT2D eigenvalue weighted by Gasteiger charge is -2.35. The predicted molar refractivity (Wildman–Crippen MR) is 78.1 cm³/mol. The van der Waals surface area contributed by atoms with Gasteiger partial charge < -0.3 is 15.0 Å². The van der Waals surface area contributed by atoms with Crippen LogP contribution in [0.25, 0.3) is 0 Å². The van der Waals surface area contributed by atoms with Gasteiger partial charge in [-0.05, 0) is 43.9 Å². The Hall–Kier alpha value is -1.69. The van der Waals surface area contributed by atoms with Gasteiger partial charge in [0.15, 0.2) is 0 Å². The zero-order valence-electron chi connectivity index (χ0n) is 12.5. The Bertz CT molecular complexity index is 541. The second-order valence-electron chi connectivity index (χ2n) is 6.09. The van der Waals surface area contributed by atoms with Crippen molar-refractivity contribution in [3.63, 3.8) is 0 Å². The highest BCUT2D eigenvalue weighted by Gasteiger charge is 2.36. The molecule has 1 aromatic carbocycles. The van der Waals surface area contributed by atoms with Gasteiger partial charge in [0.1, 0.15) is 5.75 Å². The van der Waals surface area contributed by atoms with E-state index in [0.717, 1.165) is 12.8 Å². The monoisotopic (exact) mass is 310 g/mol. The van der Waals surface area contributed by atoms with Gasteiger partial charge in [0.05, 0.1) is 0 Å². The van der Waals surface area contributed by atoms with Crippen LogP contribution in [0.2, 0.25) is 0 Å². The van der Waals surface area contributed by atoms with Crippen molar-refractivity contribution in [1.29, 1.82) is 0 Å². The summed E-state index contributed by atoms with van der Waals surface area (Å²) >= 11 is 0. The number of nitrogens with zero attached hydrogens (tertiary/aromatic N) is 1. The lowest BCUT2D eigenvalue weighted by atomic mass is 9.98. The molecule has 1 amide bonds. The molecule has 2 bridgehead atoms. The van der Waals surface area contributed by atoms with Gasteiger partial charge in [-0.1, -0.05) is 6.07 Å². The molecule has 0 aliphatic carbocycles. The summed E-state index contributed by atoms with van der Waals surface area (Å²) in [6.45, 7) is -2.89.